The van der Waals surface area contributed by atoms with Gasteiger partial charge in [0.25, 0.3) is 0 Å². The molecular formula is C11H22N2O. The van der Waals surface area contributed by atoms with E-state index in [9.17, 15) is 5.11 Å². The van der Waals surface area contributed by atoms with Crippen molar-refractivity contribution in [2.75, 3.05) is 32.8 Å². The van der Waals surface area contributed by atoms with E-state index in [1.54, 1.807) is 0 Å². The number of hydrogen-bond donors (Lipinski definition) is 3. The van der Waals surface area contributed by atoms with E-state index in [0.29, 0.717) is 12.5 Å². The first-order valence-corrected chi connectivity index (χ1v) is 5.94. The van der Waals surface area contributed by atoms with Crippen LogP contribution in [-0.4, -0.2) is 37.9 Å². The average molecular weight is 198 g/mol. The van der Waals surface area contributed by atoms with E-state index >= 15 is 0 Å². The second kappa shape index (κ2) is 5.10. The molecule has 3 heteroatoms. The summed E-state index contributed by atoms with van der Waals surface area (Å²) in [6.07, 6.45) is 3.87. The predicted molar refractivity (Wildman–Crippen MR) is 57.1 cm³/mol. The van der Waals surface area contributed by atoms with Crippen molar-refractivity contribution in [2.45, 2.75) is 19.3 Å². The Morgan fingerprint density at radius 2 is 1.71 bits per heavy atom. The van der Waals surface area contributed by atoms with E-state index in [-0.39, 0.29) is 0 Å². The Morgan fingerprint density at radius 3 is 2.43 bits per heavy atom. The Balaban J connectivity index is 1.91. The maximum Gasteiger partial charge on any atom is 0.0474 e. The largest absolute Gasteiger partial charge is 0.396 e. The topological polar surface area (TPSA) is 44.3 Å². The van der Waals surface area contributed by atoms with Crippen molar-refractivity contribution in [3.63, 3.8) is 0 Å². The third-order valence-electron chi connectivity index (χ3n) is 3.89. The molecule has 2 fully saturated rings. The van der Waals surface area contributed by atoms with Crippen molar-refractivity contribution in [1.29, 1.82) is 0 Å². The third-order valence-corrected chi connectivity index (χ3v) is 3.89. The van der Waals surface area contributed by atoms with Crippen LogP contribution in [0.5, 0.6) is 0 Å². The average Bonchev–Trinajstić information content (AvgIpc) is 2.30. The van der Waals surface area contributed by atoms with Gasteiger partial charge < -0.3 is 15.7 Å². The van der Waals surface area contributed by atoms with Crippen LogP contribution in [0, 0.1) is 17.8 Å². The Bertz CT molecular complexity index is 169. The highest BCUT2D eigenvalue weighted by Crippen LogP contribution is 2.32. The van der Waals surface area contributed by atoms with Crippen LogP contribution in [0.1, 0.15) is 19.3 Å². The molecule has 3 nitrogen and oxygen atoms in total. The quantitative estimate of drug-likeness (QED) is 0.594. The van der Waals surface area contributed by atoms with Gasteiger partial charge in [-0.25, -0.2) is 0 Å². The molecule has 0 aromatic heterocycles. The van der Waals surface area contributed by atoms with Crippen molar-refractivity contribution in [3.05, 3.63) is 0 Å². The molecule has 2 heterocycles. The lowest BCUT2D eigenvalue weighted by Gasteiger charge is -2.38. The maximum absolute atomic E-state index is 9.34. The molecule has 82 valence electrons. The van der Waals surface area contributed by atoms with Gasteiger partial charge >= 0.3 is 0 Å². The lowest BCUT2D eigenvalue weighted by molar-refractivity contribution is 0.0911. The Kier molecular flexibility index (Phi) is 3.79. The lowest BCUT2D eigenvalue weighted by Crippen LogP contribution is -2.44. The lowest BCUT2D eigenvalue weighted by atomic mass is 9.74. The molecule has 2 atom stereocenters. The Hall–Kier alpha value is -0.120. The summed E-state index contributed by atoms with van der Waals surface area (Å²) in [5.74, 6) is 2.13. The van der Waals surface area contributed by atoms with Gasteiger partial charge in [0.1, 0.15) is 0 Å². The number of nitrogens with one attached hydrogen (secondary N) is 2. The molecule has 2 unspecified atom stereocenters. The van der Waals surface area contributed by atoms with Gasteiger partial charge in [-0.1, -0.05) is 0 Å². The predicted octanol–water partition coefficient (Wildman–Crippen LogP) is 0.204. The third kappa shape index (κ3) is 2.27. The monoisotopic (exact) mass is 198 g/mol. The van der Waals surface area contributed by atoms with Gasteiger partial charge in [0.2, 0.25) is 0 Å². The molecule has 0 bridgehead atoms. The van der Waals surface area contributed by atoms with Gasteiger partial charge in [-0.3, -0.25) is 0 Å². The minimum atomic E-state index is 0.363. The van der Waals surface area contributed by atoms with Crippen LogP contribution >= 0.6 is 0 Å². The normalized spacial score (nSPS) is 35.8. The smallest absolute Gasteiger partial charge is 0.0474 e. The summed E-state index contributed by atoms with van der Waals surface area (Å²) in [6.45, 7) is 4.87. The van der Waals surface area contributed by atoms with Gasteiger partial charge in [-0.05, 0) is 56.7 Å². The van der Waals surface area contributed by atoms with E-state index in [0.717, 1.165) is 24.9 Å². The van der Waals surface area contributed by atoms with Crippen molar-refractivity contribution in [1.82, 2.24) is 10.6 Å². The molecule has 0 aliphatic carbocycles. The van der Waals surface area contributed by atoms with E-state index < -0.39 is 0 Å². The molecule has 0 radical (unpaired) electrons. The van der Waals surface area contributed by atoms with E-state index in [1.165, 1.54) is 32.4 Å². The number of aliphatic hydroxyl groups excluding tert-OH is 1. The van der Waals surface area contributed by atoms with Gasteiger partial charge in [-0.2, -0.15) is 0 Å². The second-order valence-electron chi connectivity index (χ2n) is 4.69. The van der Waals surface area contributed by atoms with Gasteiger partial charge in [0.15, 0.2) is 0 Å². The summed E-state index contributed by atoms with van der Waals surface area (Å²) in [5, 5.41) is 16.1. The summed E-state index contributed by atoms with van der Waals surface area (Å²) in [5.41, 5.74) is 0. The minimum absolute atomic E-state index is 0.363. The molecular weight excluding hydrogens is 176 g/mol. The van der Waals surface area contributed by atoms with Crippen LogP contribution in [0.25, 0.3) is 0 Å². The summed E-state index contributed by atoms with van der Waals surface area (Å²) in [6, 6.07) is 0. The zero-order valence-electron chi connectivity index (χ0n) is 8.84. The fraction of sp³-hybridized carbons (Fsp3) is 1.00. The highest BCUT2D eigenvalue weighted by molar-refractivity contribution is 4.85. The minimum Gasteiger partial charge on any atom is -0.396 e. The van der Waals surface area contributed by atoms with Gasteiger partial charge in [0.05, 0.1) is 0 Å². The standard InChI is InChI=1S/C11H22N2O/c14-8-10-7-13-6-3-11(10)9-1-4-12-5-2-9/h9-14H,1-8H2. The second-order valence-corrected chi connectivity index (χ2v) is 4.69. The van der Waals surface area contributed by atoms with Crippen LogP contribution in [0.4, 0.5) is 0 Å². The molecule has 0 amide bonds. The van der Waals surface area contributed by atoms with Crippen LogP contribution in [0.3, 0.4) is 0 Å². The SMILES string of the molecule is OCC1CNCCC1C1CCNCC1. The number of hydrogen-bond acceptors (Lipinski definition) is 3. The van der Waals surface area contributed by atoms with Crippen LogP contribution in [-0.2, 0) is 0 Å². The van der Waals surface area contributed by atoms with Crippen molar-refractivity contribution < 1.29 is 5.11 Å². The van der Waals surface area contributed by atoms with E-state index in [4.69, 9.17) is 0 Å². The first-order valence-electron chi connectivity index (χ1n) is 5.94. The summed E-state index contributed by atoms with van der Waals surface area (Å²) in [4.78, 5) is 0. The maximum atomic E-state index is 9.34. The van der Waals surface area contributed by atoms with E-state index in [1.807, 2.05) is 0 Å². The highest BCUT2D eigenvalue weighted by atomic mass is 16.3. The van der Waals surface area contributed by atoms with Crippen molar-refractivity contribution in [2.24, 2.45) is 17.8 Å². The first kappa shape index (κ1) is 10.4. The first-order chi connectivity index (χ1) is 6.92. The fourth-order valence-electron chi connectivity index (χ4n) is 3.04. The van der Waals surface area contributed by atoms with Gasteiger partial charge in [-0.15, -0.1) is 0 Å². The number of piperidine rings is 2. The fourth-order valence-corrected chi connectivity index (χ4v) is 3.04. The summed E-state index contributed by atoms with van der Waals surface area (Å²) in [7, 11) is 0. The van der Waals surface area contributed by atoms with Crippen LogP contribution in [0.15, 0.2) is 0 Å². The van der Waals surface area contributed by atoms with E-state index in [2.05, 4.69) is 10.6 Å². The van der Waals surface area contributed by atoms with Crippen LogP contribution < -0.4 is 10.6 Å². The zero-order chi connectivity index (χ0) is 9.80. The molecule has 0 spiro atoms. The molecule has 2 aliphatic heterocycles. The molecule has 0 saturated carbocycles. The molecule has 2 rings (SSSR count). The van der Waals surface area contributed by atoms with Gasteiger partial charge in [0, 0.05) is 13.2 Å². The number of rotatable bonds is 2. The molecule has 2 aliphatic rings. The molecule has 2 saturated heterocycles. The Labute approximate surface area is 86.3 Å². The molecule has 3 N–H and O–H groups in total. The Morgan fingerprint density at radius 1 is 1.00 bits per heavy atom. The zero-order valence-corrected chi connectivity index (χ0v) is 8.84. The highest BCUT2D eigenvalue weighted by Gasteiger charge is 2.31. The number of aliphatic hydroxyl groups is 1. The molecule has 0 aromatic rings. The van der Waals surface area contributed by atoms with Crippen molar-refractivity contribution in [3.8, 4) is 0 Å². The molecule has 0 aromatic carbocycles. The van der Waals surface area contributed by atoms with Crippen LogP contribution in [0.2, 0.25) is 0 Å². The summed E-state index contributed by atoms with van der Waals surface area (Å²) >= 11 is 0. The van der Waals surface area contributed by atoms with Crippen molar-refractivity contribution >= 4 is 0 Å². The summed E-state index contributed by atoms with van der Waals surface area (Å²) < 4.78 is 0. The molecule has 14 heavy (non-hydrogen) atoms.